The van der Waals surface area contributed by atoms with E-state index in [0.29, 0.717) is 6.54 Å². The van der Waals surface area contributed by atoms with Crippen molar-refractivity contribution >= 4 is 0 Å². The smallest absolute Gasteiger partial charge is 0.406 e. The molecule has 2 heterocycles. The number of benzene rings is 1. The molecule has 2 aliphatic heterocycles. The molecule has 0 saturated carbocycles. The molecular formula is C18H25F3N2O2. The van der Waals surface area contributed by atoms with Gasteiger partial charge in [-0.1, -0.05) is 12.1 Å². The van der Waals surface area contributed by atoms with Gasteiger partial charge in [0.2, 0.25) is 0 Å². The molecule has 1 aromatic rings. The van der Waals surface area contributed by atoms with Gasteiger partial charge < -0.3 is 14.7 Å². The molecule has 1 aromatic carbocycles. The van der Waals surface area contributed by atoms with Crippen molar-refractivity contribution in [1.29, 1.82) is 0 Å². The van der Waals surface area contributed by atoms with Gasteiger partial charge in [-0.2, -0.15) is 0 Å². The number of hydrogen-bond donors (Lipinski definition) is 1. The second-order valence-electron chi connectivity index (χ2n) is 7.30. The first-order valence-corrected chi connectivity index (χ1v) is 8.69. The van der Waals surface area contributed by atoms with Crippen molar-refractivity contribution in [1.82, 2.24) is 9.80 Å². The molecule has 0 aliphatic carbocycles. The average Bonchev–Trinajstić information content (AvgIpc) is 2.54. The molecule has 4 nitrogen and oxygen atoms in total. The maximum atomic E-state index is 12.4. The zero-order chi connectivity index (χ0) is 18.1. The van der Waals surface area contributed by atoms with E-state index in [-0.39, 0.29) is 23.8 Å². The molecule has 0 amide bonds. The summed E-state index contributed by atoms with van der Waals surface area (Å²) < 4.78 is 41.1. The van der Waals surface area contributed by atoms with E-state index >= 15 is 0 Å². The van der Waals surface area contributed by atoms with E-state index in [1.54, 1.807) is 6.07 Å². The van der Waals surface area contributed by atoms with Crippen LogP contribution in [0.2, 0.25) is 0 Å². The number of hydrogen-bond acceptors (Lipinski definition) is 4. The Bertz CT molecular complexity index is 596. The van der Waals surface area contributed by atoms with Crippen LogP contribution in [0.15, 0.2) is 24.3 Å². The lowest BCUT2D eigenvalue weighted by Crippen LogP contribution is -2.61. The van der Waals surface area contributed by atoms with E-state index in [9.17, 15) is 18.3 Å². The summed E-state index contributed by atoms with van der Waals surface area (Å²) in [6.07, 6.45) is -1.61. The lowest BCUT2D eigenvalue weighted by molar-refractivity contribution is -0.274. The standard InChI is InChI=1S/C18H25F3N2O2/c1-22-8-3-6-17(13-24)7-9-23(12-16(17)22)11-14-4-2-5-15(10-14)25-18(19,20)21/h2,4-5,10,16,24H,3,6-9,11-13H2,1H3/t16-,17-/m1/s1. The predicted molar refractivity (Wildman–Crippen MR) is 88.2 cm³/mol. The Balaban J connectivity index is 1.67. The molecule has 2 aliphatic rings. The number of likely N-dealkylation sites (tertiary alicyclic amines) is 2. The van der Waals surface area contributed by atoms with Crippen LogP contribution in [0, 0.1) is 5.41 Å². The van der Waals surface area contributed by atoms with Crippen LogP contribution < -0.4 is 4.74 Å². The minimum atomic E-state index is -4.67. The van der Waals surface area contributed by atoms with Gasteiger partial charge in [-0.25, -0.2) is 0 Å². The summed E-state index contributed by atoms with van der Waals surface area (Å²) in [7, 11) is 2.09. The van der Waals surface area contributed by atoms with Gasteiger partial charge in [-0.05, 0) is 57.1 Å². The zero-order valence-electron chi connectivity index (χ0n) is 14.4. The molecule has 0 spiro atoms. The van der Waals surface area contributed by atoms with E-state index in [1.807, 2.05) is 6.07 Å². The van der Waals surface area contributed by atoms with Crippen molar-refractivity contribution in [2.45, 2.75) is 38.2 Å². The highest BCUT2D eigenvalue weighted by atomic mass is 19.4. The highest BCUT2D eigenvalue weighted by Gasteiger charge is 2.46. The maximum Gasteiger partial charge on any atom is 0.573 e. The number of aliphatic hydroxyl groups excluding tert-OH is 1. The van der Waals surface area contributed by atoms with E-state index in [2.05, 4.69) is 21.6 Å². The number of ether oxygens (including phenoxy) is 1. The quantitative estimate of drug-likeness (QED) is 0.898. The minimum Gasteiger partial charge on any atom is -0.406 e. The molecule has 140 valence electrons. The third kappa shape index (κ3) is 4.27. The van der Waals surface area contributed by atoms with Crippen LogP contribution in [0.4, 0.5) is 13.2 Å². The largest absolute Gasteiger partial charge is 0.573 e. The van der Waals surface area contributed by atoms with Crippen LogP contribution in [-0.2, 0) is 6.54 Å². The van der Waals surface area contributed by atoms with Crippen molar-refractivity contribution in [3.8, 4) is 5.75 Å². The molecule has 2 atom stereocenters. The first-order valence-electron chi connectivity index (χ1n) is 8.69. The van der Waals surface area contributed by atoms with Gasteiger partial charge in [0, 0.05) is 24.5 Å². The van der Waals surface area contributed by atoms with Crippen LogP contribution in [0.5, 0.6) is 5.75 Å². The van der Waals surface area contributed by atoms with Crippen LogP contribution in [0.25, 0.3) is 0 Å². The van der Waals surface area contributed by atoms with Gasteiger partial charge in [0.1, 0.15) is 5.75 Å². The summed E-state index contributed by atoms with van der Waals surface area (Å²) >= 11 is 0. The Labute approximate surface area is 146 Å². The SMILES string of the molecule is CN1CCC[C@]2(CO)CCN(Cc3cccc(OC(F)(F)F)c3)C[C@@H]12. The highest BCUT2D eigenvalue weighted by molar-refractivity contribution is 5.28. The Kier molecular flexibility index (Phi) is 5.27. The monoisotopic (exact) mass is 358 g/mol. The van der Waals surface area contributed by atoms with E-state index in [0.717, 1.165) is 44.5 Å². The van der Waals surface area contributed by atoms with Gasteiger partial charge >= 0.3 is 6.36 Å². The third-order valence-corrected chi connectivity index (χ3v) is 5.63. The first-order chi connectivity index (χ1) is 11.8. The van der Waals surface area contributed by atoms with E-state index in [4.69, 9.17) is 0 Å². The number of aliphatic hydroxyl groups is 1. The fraction of sp³-hybridized carbons (Fsp3) is 0.667. The number of alkyl halides is 3. The van der Waals surface area contributed by atoms with Crippen LogP contribution in [0.3, 0.4) is 0 Å². The molecule has 3 rings (SSSR count). The van der Waals surface area contributed by atoms with Crippen molar-refractivity contribution in [3.63, 3.8) is 0 Å². The minimum absolute atomic E-state index is 0.0370. The fourth-order valence-electron chi connectivity index (χ4n) is 4.32. The van der Waals surface area contributed by atoms with Crippen molar-refractivity contribution < 1.29 is 23.0 Å². The second kappa shape index (κ2) is 7.13. The molecule has 25 heavy (non-hydrogen) atoms. The van der Waals surface area contributed by atoms with Crippen molar-refractivity contribution in [3.05, 3.63) is 29.8 Å². The molecule has 7 heteroatoms. The van der Waals surface area contributed by atoms with Gasteiger partial charge in [0.25, 0.3) is 0 Å². The Morgan fingerprint density at radius 2 is 2.08 bits per heavy atom. The highest BCUT2D eigenvalue weighted by Crippen LogP contribution is 2.41. The molecule has 0 unspecified atom stereocenters. The molecule has 0 bridgehead atoms. The number of halogens is 3. The van der Waals surface area contributed by atoms with Gasteiger partial charge in [0.05, 0.1) is 6.61 Å². The molecule has 0 radical (unpaired) electrons. The molecule has 2 fully saturated rings. The van der Waals surface area contributed by atoms with Crippen LogP contribution >= 0.6 is 0 Å². The average molecular weight is 358 g/mol. The summed E-state index contributed by atoms with van der Waals surface area (Å²) in [6.45, 7) is 3.47. The molecule has 1 N–H and O–H groups in total. The summed E-state index contributed by atoms with van der Waals surface area (Å²) in [5.74, 6) is -0.179. The number of rotatable bonds is 4. The summed E-state index contributed by atoms with van der Waals surface area (Å²) in [5, 5.41) is 9.95. The summed E-state index contributed by atoms with van der Waals surface area (Å²) in [4.78, 5) is 4.57. The number of likely N-dealkylation sites (N-methyl/N-ethyl adjacent to an activating group) is 1. The number of piperidine rings is 2. The Morgan fingerprint density at radius 3 is 2.80 bits per heavy atom. The Hall–Kier alpha value is -1.31. The second-order valence-corrected chi connectivity index (χ2v) is 7.30. The summed E-state index contributed by atoms with van der Waals surface area (Å²) in [5.41, 5.74) is 0.766. The van der Waals surface area contributed by atoms with Gasteiger partial charge in [-0.15, -0.1) is 13.2 Å². The lowest BCUT2D eigenvalue weighted by atomic mass is 9.69. The molecular weight excluding hydrogens is 333 g/mol. The van der Waals surface area contributed by atoms with Crippen molar-refractivity contribution in [2.75, 3.05) is 33.3 Å². The number of nitrogens with zero attached hydrogens (tertiary/aromatic N) is 2. The molecule has 0 aromatic heterocycles. The van der Waals surface area contributed by atoms with E-state index in [1.165, 1.54) is 12.1 Å². The first kappa shape index (κ1) is 18.5. The fourth-order valence-corrected chi connectivity index (χ4v) is 4.32. The topological polar surface area (TPSA) is 35.9 Å². The zero-order valence-corrected chi connectivity index (χ0v) is 14.4. The maximum absolute atomic E-state index is 12.4. The van der Waals surface area contributed by atoms with Crippen LogP contribution in [-0.4, -0.2) is 60.6 Å². The van der Waals surface area contributed by atoms with Gasteiger partial charge in [0.15, 0.2) is 0 Å². The summed E-state index contributed by atoms with van der Waals surface area (Å²) in [6, 6.07) is 6.46. The number of fused-ring (bicyclic) bond motifs is 1. The molecule has 2 saturated heterocycles. The van der Waals surface area contributed by atoms with E-state index < -0.39 is 6.36 Å². The van der Waals surface area contributed by atoms with Crippen LogP contribution in [0.1, 0.15) is 24.8 Å². The van der Waals surface area contributed by atoms with Gasteiger partial charge in [-0.3, -0.25) is 4.90 Å². The predicted octanol–water partition coefficient (Wildman–Crippen LogP) is 2.86. The normalized spacial score (nSPS) is 28.6. The Morgan fingerprint density at radius 1 is 1.28 bits per heavy atom. The lowest BCUT2D eigenvalue weighted by Gasteiger charge is -2.53. The van der Waals surface area contributed by atoms with Crippen molar-refractivity contribution in [2.24, 2.45) is 5.41 Å². The third-order valence-electron chi connectivity index (χ3n) is 5.63.